The van der Waals surface area contributed by atoms with Gasteiger partial charge in [-0.25, -0.2) is 4.79 Å². The van der Waals surface area contributed by atoms with Gasteiger partial charge in [0.1, 0.15) is 18.2 Å². The molecule has 0 bridgehead atoms. The second-order valence-electron chi connectivity index (χ2n) is 12.0. The van der Waals surface area contributed by atoms with Gasteiger partial charge in [-0.15, -0.1) is 0 Å². The predicted molar refractivity (Wildman–Crippen MR) is 144 cm³/mol. The summed E-state index contributed by atoms with van der Waals surface area (Å²) in [7, 11) is 0. The molecule has 2 aliphatic heterocycles. The van der Waals surface area contributed by atoms with E-state index in [1.165, 1.54) is 6.08 Å². The fraction of sp³-hybridized carbons (Fsp3) is 0.586. The summed E-state index contributed by atoms with van der Waals surface area (Å²) in [5, 5.41) is 17.3. The van der Waals surface area contributed by atoms with Gasteiger partial charge in [0, 0.05) is 18.9 Å². The van der Waals surface area contributed by atoms with Crippen LogP contribution in [0.2, 0.25) is 0 Å². The number of hydrogen-bond donors (Lipinski definition) is 4. The first-order valence-electron chi connectivity index (χ1n) is 13.3. The smallest absolute Gasteiger partial charge is 0.329 e. The maximum Gasteiger partial charge on any atom is 0.329 e. The van der Waals surface area contributed by atoms with Gasteiger partial charge in [-0.3, -0.25) is 14.4 Å². The molecule has 2 heterocycles. The molecule has 1 aromatic carbocycles. The Hall–Kier alpha value is -3.24. The minimum Gasteiger partial charge on any atom is -0.460 e. The zero-order valence-corrected chi connectivity index (χ0v) is 23.6. The molecule has 3 amide bonds. The van der Waals surface area contributed by atoms with E-state index in [0.29, 0.717) is 0 Å². The fourth-order valence-corrected chi connectivity index (χ4v) is 4.36. The quantitative estimate of drug-likeness (QED) is 0.335. The van der Waals surface area contributed by atoms with Gasteiger partial charge >= 0.3 is 5.97 Å². The molecule has 0 aliphatic carbocycles. The zero-order chi connectivity index (χ0) is 29.0. The van der Waals surface area contributed by atoms with Crippen molar-refractivity contribution in [1.29, 1.82) is 0 Å². The van der Waals surface area contributed by atoms with Gasteiger partial charge in [0.05, 0.1) is 24.7 Å². The lowest BCUT2D eigenvalue weighted by molar-refractivity contribution is -0.159. The number of aliphatic hydroxyl groups is 1. The molecule has 214 valence electrons. The van der Waals surface area contributed by atoms with Crippen LogP contribution in [0.4, 0.5) is 0 Å². The van der Waals surface area contributed by atoms with E-state index in [2.05, 4.69) is 16.0 Å². The highest BCUT2D eigenvalue weighted by atomic mass is 16.6. The van der Waals surface area contributed by atoms with Crippen LogP contribution in [0.1, 0.15) is 65.2 Å². The van der Waals surface area contributed by atoms with Crippen LogP contribution in [-0.4, -0.2) is 60.1 Å². The first-order valence-corrected chi connectivity index (χ1v) is 13.3. The summed E-state index contributed by atoms with van der Waals surface area (Å²) in [6.45, 7) is 10.5. The Balaban J connectivity index is 1.85. The highest BCUT2D eigenvalue weighted by Crippen LogP contribution is 2.45. The minimum atomic E-state index is -1.02. The summed E-state index contributed by atoms with van der Waals surface area (Å²) in [5.41, 5.74) is 0.0793. The molecular formula is C29H41N3O7. The van der Waals surface area contributed by atoms with Crippen LogP contribution in [0.5, 0.6) is 0 Å². The minimum absolute atomic E-state index is 0.0225. The lowest BCUT2D eigenvalue weighted by Gasteiger charge is -2.34. The van der Waals surface area contributed by atoms with Crippen LogP contribution in [0.3, 0.4) is 0 Å². The highest BCUT2D eigenvalue weighted by molar-refractivity contribution is 5.92. The fourth-order valence-electron chi connectivity index (χ4n) is 4.36. The Bertz CT molecular complexity index is 1090. The molecule has 1 fully saturated rings. The van der Waals surface area contributed by atoms with E-state index in [1.807, 2.05) is 52.0 Å². The number of benzene rings is 1. The summed E-state index contributed by atoms with van der Waals surface area (Å²) >= 11 is 0. The Kier molecular flexibility index (Phi) is 9.55. The predicted octanol–water partition coefficient (Wildman–Crippen LogP) is 1.92. The Morgan fingerprint density at radius 3 is 2.36 bits per heavy atom. The van der Waals surface area contributed by atoms with Crippen LogP contribution in [0.25, 0.3) is 0 Å². The van der Waals surface area contributed by atoms with E-state index in [-0.39, 0.29) is 44.2 Å². The van der Waals surface area contributed by atoms with Crippen molar-refractivity contribution in [3.8, 4) is 0 Å². The summed E-state index contributed by atoms with van der Waals surface area (Å²) < 4.78 is 12.0. The third-order valence-electron chi connectivity index (χ3n) is 7.17. The van der Waals surface area contributed by atoms with Crippen molar-refractivity contribution in [3.63, 3.8) is 0 Å². The number of carbonyl (C=O) groups is 4. The van der Waals surface area contributed by atoms with Crippen molar-refractivity contribution in [1.82, 2.24) is 16.0 Å². The number of carbonyl (C=O) groups excluding carboxylic acids is 4. The molecule has 1 saturated heterocycles. The largest absolute Gasteiger partial charge is 0.460 e. The van der Waals surface area contributed by atoms with Crippen molar-refractivity contribution in [2.24, 2.45) is 16.7 Å². The average Bonchev–Trinajstić information content (AvgIpc) is 3.68. The van der Waals surface area contributed by atoms with Gasteiger partial charge in [-0.2, -0.15) is 0 Å². The third-order valence-corrected chi connectivity index (χ3v) is 7.17. The standard InChI is InChI=1S/C29H41N3O7/c1-17(23-24(39-23)19-12-10-18(15-33)11-13-19)20-8-7-9-21(34)30-14-22(35)31-16-29(5,6)27(37)32-25(26(36)38-20)28(2,3)4/h7,9-13,17,20,23-25,33H,8,14-16H2,1-6H3,(H,30,34)(H,31,35)(H,32,37)/b9-7+/t17-,20-,23?,24?,25+/m0/s1. The van der Waals surface area contributed by atoms with Gasteiger partial charge in [-0.05, 0) is 36.5 Å². The number of ether oxygens (including phenoxy) is 2. The van der Waals surface area contributed by atoms with Gasteiger partial charge in [0.15, 0.2) is 0 Å². The van der Waals surface area contributed by atoms with E-state index >= 15 is 0 Å². The van der Waals surface area contributed by atoms with E-state index < -0.39 is 46.7 Å². The van der Waals surface area contributed by atoms with Crippen molar-refractivity contribution in [2.75, 3.05) is 13.1 Å². The van der Waals surface area contributed by atoms with E-state index in [9.17, 15) is 24.3 Å². The maximum absolute atomic E-state index is 13.5. The van der Waals surface area contributed by atoms with Crippen LogP contribution in [-0.2, 0) is 35.3 Å². The average molecular weight is 544 g/mol. The van der Waals surface area contributed by atoms with Gasteiger partial charge < -0.3 is 30.5 Å². The lowest BCUT2D eigenvalue weighted by atomic mass is 9.84. The first-order chi connectivity index (χ1) is 18.2. The molecule has 39 heavy (non-hydrogen) atoms. The molecule has 10 heteroatoms. The van der Waals surface area contributed by atoms with Crippen molar-refractivity contribution < 1.29 is 33.8 Å². The summed E-state index contributed by atoms with van der Waals surface area (Å²) in [4.78, 5) is 51.2. The van der Waals surface area contributed by atoms with E-state index in [0.717, 1.165) is 11.1 Å². The molecule has 5 atom stereocenters. The zero-order valence-electron chi connectivity index (χ0n) is 23.6. The number of rotatable bonds is 4. The molecule has 4 N–H and O–H groups in total. The molecule has 0 spiro atoms. The Labute approximate surface area is 229 Å². The van der Waals surface area contributed by atoms with Crippen LogP contribution >= 0.6 is 0 Å². The Morgan fingerprint density at radius 2 is 1.74 bits per heavy atom. The molecular weight excluding hydrogens is 502 g/mol. The number of hydrogen-bond acceptors (Lipinski definition) is 7. The lowest BCUT2D eigenvalue weighted by Crippen LogP contribution is -2.56. The van der Waals surface area contributed by atoms with Gasteiger partial charge in [0.2, 0.25) is 17.7 Å². The highest BCUT2D eigenvalue weighted by Gasteiger charge is 2.48. The van der Waals surface area contributed by atoms with E-state index in [4.69, 9.17) is 9.47 Å². The normalized spacial score (nSPS) is 28.4. The first kappa shape index (κ1) is 30.3. The molecule has 0 saturated carbocycles. The second kappa shape index (κ2) is 12.3. The third kappa shape index (κ3) is 8.12. The molecule has 2 unspecified atom stereocenters. The number of nitrogens with one attached hydrogen (secondary N) is 3. The molecule has 2 aliphatic rings. The van der Waals surface area contributed by atoms with Crippen molar-refractivity contribution >= 4 is 23.7 Å². The van der Waals surface area contributed by atoms with Crippen LogP contribution < -0.4 is 16.0 Å². The molecule has 0 aromatic heterocycles. The Morgan fingerprint density at radius 1 is 1.08 bits per heavy atom. The number of aliphatic hydroxyl groups excluding tert-OH is 1. The molecule has 0 radical (unpaired) electrons. The SMILES string of the molecule is C[C@H](C1OC1c1ccc(CO)cc1)[C@@H]1C/C=C/C(=O)NCC(=O)NCC(C)(C)C(=O)N[C@@H](C(C)(C)C)C(=O)O1. The summed E-state index contributed by atoms with van der Waals surface area (Å²) in [6.07, 6.45) is 2.11. The van der Waals surface area contributed by atoms with Crippen LogP contribution in [0.15, 0.2) is 36.4 Å². The number of epoxide rings is 1. The second-order valence-corrected chi connectivity index (χ2v) is 12.0. The number of amides is 3. The van der Waals surface area contributed by atoms with Crippen molar-refractivity contribution in [3.05, 3.63) is 47.5 Å². The number of cyclic esters (lactones) is 1. The summed E-state index contributed by atoms with van der Waals surface area (Å²) in [5.74, 6) is -2.10. The van der Waals surface area contributed by atoms with Gasteiger partial charge in [0.25, 0.3) is 0 Å². The molecule has 1 aromatic rings. The maximum atomic E-state index is 13.5. The van der Waals surface area contributed by atoms with E-state index in [1.54, 1.807) is 19.9 Å². The number of esters is 1. The van der Waals surface area contributed by atoms with Gasteiger partial charge in [-0.1, -0.05) is 58.0 Å². The molecule has 3 rings (SSSR count). The monoisotopic (exact) mass is 543 g/mol. The summed E-state index contributed by atoms with van der Waals surface area (Å²) in [6, 6.07) is 6.54. The van der Waals surface area contributed by atoms with Crippen molar-refractivity contribution in [2.45, 2.75) is 78.9 Å². The topological polar surface area (TPSA) is 146 Å². The molecule has 10 nitrogen and oxygen atoms in total. The van der Waals surface area contributed by atoms with Crippen LogP contribution in [0, 0.1) is 16.7 Å².